The van der Waals surface area contributed by atoms with Crippen LogP contribution in [0, 0.1) is 0 Å². The van der Waals surface area contributed by atoms with E-state index >= 15 is 0 Å². The van der Waals surface area contributed by atoms with E-state index in [9.17, 15) is 0 Å². The highest BCUT2D eigenvalue weighted by Gasteiger charge is 2.42. The summed E-state index contributed by atoms with van der Waals surface area (Å²) in [4.78, 5) is 2.56. The van der Waals surface area contributed by atoms with E-state index < -0.39 is 0 Å². The summed E-state index contributed by atoms with van der Waals surface area (Å²) < 4.78 is 1.41. The van der Waals surface area contributed by atoms with Gasteiger partial charge in [-0.2, -0.15) is 0 Å². The van der Waals surface area contributed by atoms with E-state index in [1.54, 1.807) is 0 Å². The molecule has 0 N–H and O–H groups in total. The molecule has 0 aliphatic carbocycles. The van der Waals surface area contributed by atoms with Crippen LogP contribution in [-0.2, 0) is 0 Å². The molecule has 2 rings (SSSR count). The van der Waals surface area contributed by atoms with Crippen molar-refractivity contribution < 1.29 is 4.48 Å². The minimum absolute atomic E-state index is 0.864. The van der Waals surface area contributed by atoms with Gasteiger partial charge in [-0.05, 0) is 13.5 Å². The van der Waals surface area contributed by atoms with E-state index in [4.69, 9.17) is 0 Å². The first kappa shape index (κ1) is 8.52. The molecule has 0 amide bonds. The van der Waals surface area contributed by atoms with E-state index in [2.05, 4.69) is 18.9 Å². The SMILES string of the molecule is CCC1C[N+]2(CCCC2)CN1C. The first-order chi connectivity index (χ1) is 5.76. The summed E-state index contributed by atoms with van der Waals surface area (Å²) in [6.07, 6.45) is 4.26. The summed E-state index contributed by atoms with van der Waals surface area (Å²) in [6, 6.07) is 0.864. The van der Waals surface area contributed by atoms with Crippen LogP contribution >= 0.6 is 0 Å². The fourth-order valence-electron chi connectivity index (χ4n) is 3.00. The topological polar surface area (TPSA) is 3.24 Å². The van der Waals surface area contributed by atoms with E-state index in [-0.39, 0.29) is 0 Å². The number of hydrogen-bond donors (Lipinski definition) is 0. The van der Waals surface area contributed by atoms with E-state index in [1.807, 2.05) is 0 Å². The Bertz CT molecular complexity index is 161. The zero-order valence-electron chi connectivity index (χ0n) is 8.42. The van der Waals surface area contributed by atoms with Crippen LogP contribution in [0.15, 0.2) is 0 Å². The number of hydrogen-bond acceptors (Lipinski definition) is 1. The molecule has 2 aliphatic heterocycles. The van der Waals surface area contributed by atoms with Crippen molar-refractivity contribution in [1.29, 1.82) is 0 Å². The monoisotopic (exact) mass is 169 g/mol. The zero-order chi connectivity index (χ0) is 8.60. The van der Waals surface area contributed by atoms with Gasteiger partial charge in [0.1, 0.15) is 6.67 Å². The molecule has 2 nitrogen and oxygen atoms in total. The second-order valence-electron chi connectivity index (χ2n) is 4.64. The third kappa shape index (κ3) is 1.27. The Morgan fingerprint density at radius 1 is 1.33 bits per heavy atom. The third-order valence-electron chi connectivity index (χ3n) is 3.73. The second kappa shape index (κ2) is 3.00. The van der Waals surface area contributed by atoms with Crippen molar-refractivity contribution in [1.82, 2.24) is 4.90 Å². The van der Waals surface area contributed by atoms with Crippen molar-refractivity contribution in [2.24, 2.45) is 0 Å². The van der Waals surface area contributed by atoms with E-state index in [0.717, 1.165) is 6.04 Å². The number of likely N-dealkylation sites (N-methyl/N-ethyl adjacent to an activating group) is 1. The lowest BCUT2D eigenvalue weighted by atomic mass is 10.2. The summed E-state index contributed by atoms with van der Waals surface area (Å²) in [5, 5.41) is 0. The van der Waals surface area contributed by atoms with Crippen molar-refractivity contribution in [3.8, 4) is 0 Å². The van der Waals surface area contributed by atoms with Crippen LogP contribution < -0.4 is 0 Å². The molecule has 2 heteroatoms. The van der Waals surface area contributed by atoms with Gasteiger partial charge in [-0.1, -0.05) is 6.92 Å². The summed E-state index contributed by atoms with van der Waals surface area (Å²) in [5.74, 6) is 0. The Kier molecular flexibility index (Phi) is 2.13. The molecule has 12 heavy (non-hydrogen) atoms. The van der Waals surface area contributed by atoms with Crippen LogP contribution in [-0.4, -0.2) is 48.8 Å². The lowest BCUT2D eigenvalue weighted by Crippen LogP contribution is -2.43. The van der Waals surface area contributed by atoms with Crippen molar-refractivity contribution >= 4 is 0 Å². The van der Waals surface area contributed by atoms with Gasteiger partial charge in [0.05, 0.1) is 25.7 Å². The second-order valence-corrected chi connectivity index (χ2v) is 4.64. The average molecular weight is 169 g/mol. The molecule has 0 aromatic carbocycles. The fraction of sp³-hybridized carbons (Fsp3) is 1.00. The van der Waals surface area contributed by atoms with Crippen molar-refractivity contribution in [3.63, 3.8) is 0 Å². The van der Waals surface area contributed by atoms with Crippen LogP contribution in [0.2, 0.25) is 0 Å². The van der Waals surface area contributed by atoms with E-state index in [1.165, 1.54) is 50.0 Å². The quantitative estimate of drug-likeness (QED) is 0.534. The van der Waals surface area contributed by atoms with Crippen molar-refractivity contribution in [3.05, 3.63) is 0 Å². The normalized spacial score (nSPS) is 35.0. The molecular weight excluding hydrogens is 148 g/mol. The van der Waals surface area contributed by atoms with Gasteiger partial charge in [0, 0.05) is 12.8 Å². The zero-order valence-corrected chi connectivity index (χ0v) is 8.42. The lowest BCUT2D eigenvalue weighted by Gasteiger charge is -2.28. The molecule has 2 saturated heterocycles. The van der Waals surface area contributed by atoms with Crippen LogP contribution in [0.3, 0.4) is 0 Å². The maximum atomic E-state index is 2.56. The maximum Gasteiger partial charge on any atom is 0.135 e. The summed E-state index contributed by atoms with van der Waals surface area (Å²) >= 11 is 0. The van der Waals surface area contributed by atoms with Gasteiger partial charge in [0.25, 0.3) is 0 Å². The van der Waals surface area contributed by atoms with Gasteiger partial charge < -0.3 is 4.48 Å². The van der Waals surface area contributed by atoms with Crippen molar-refractivity contribution in [2.45, 2.75) is 32.2 Å². The van der Waals surface area contributed by atoms with Gasteiger partial charge in [-0.25, -0.2) is 0 Å². The Labute approximate surface area is 75.7 Å². The minimum atomic E-state index is 0.864. The van der Waals surface area contributed by atoms with Crippen LogP contribution in [0.1, 0.15) is 26.2 Å². The predicted octanol–water partition coefficient (Wildman–Crippen LogP) is 1.28. The summed E-state index contributed by atoms with van der Waals surface area (Å²) in [5.41, 5.74) is 0. The minimum Gasteiger partial charge on any atom is -0.310 e. The highest BCUT2D eigenvalue weighted by molar-refractivity contribution is 4.73. The van der Waals surface area contributed by atoms with Crippen LogP contribution in [0.25, 0.3) is 0 Å². The molecular formula is C10H21N2+. The van der Waals surface area contributed by atoms with Crippen LogP contribution in [0.4, 0.5) is 0 Å². The molecule has 0 aromatic rings. The fourth-order valence-corrected chi connectivity index (χ4v) is 3.00. The standard InChI is InChI=1S/C10H21N2/c1-3-10-8-12(9-11(10)2)6-4-5-7-12/h10H,3-9H2,1-2H3/q+1. The third-order valence-corrected chi connectivity index (χ3v) is 3.73. The van der Waals surface area contributed by atoms with Gasteiger partial charge in [0.15, 0.2) is 0 Å². The number of quaternary nitrogens is 1. The van der Waals surface area contributed by atoms with Gasteiger partial charge in [0.2, 0.25) is 0 Å². The highest BCUT2D eigenvalue weighted by atomic mass is 15.5. The molecule has 1 spiro atoms. The maximum absolute atomic E-state index is 2.56. The summed E-state index contributed by atoms with van der Waals surface area (Å²) in [6.45, 7) is 7.95. The molecule has 1 unspecified atom stereocenters. The summed E-state index contributed by atoms with van der Waals surface area (Å²) in [7, 11) is 2.29. The first-order valence-electron chi connectivity index (χ1n) is 5.31. The van der Waals surface area contributed by atoms with E-state index in [0.29, 0.717) is 0 Å². The predicted molar refractivity (Wildman–Crippen MR) is 50.8 cm³/mol. The molecule has 0 radical (unpaired) electrons. The Morgan fingerprint density at radius 3 is 2.50 bits per heavy atom. The Balaban J connectivity index is 2.03. The molecule has 2 fully saturated rings. The molecule has 0 bridgehead atoms. The molecule has 1 atom stereocenters. The highest BCUT2D eigenvalue weighted by Crippen LogP contribution is 2.28. The molecule has 70 valence electrons. The lowest BCUT2D eigenvalue weighted by molar-refractivity contribution is -0.909. The van der Waals surface area contributed by atoms with Crippen molar-refractivity contribution in [2.75, 3.05) is 33.4 Å². The average Bonchev–Trinajstić information content (AvgIpc) is 2.60. The molecule has 2 heterocycles. The number of rotatable bonds is 1. The largest absolute Gasteiger partial charge is 0.310 e. The smallest absolute Gasteiger partial charge is 0.135 e. The number of nitrogens with zero attached hydrogens (tertiary/aromatic N) is 2. The van der Waals surface area contributed by atoms with Gasteiger partial charge in [-0.3, -0.25) is 4.90 Å². The molecule has 2 aliphatic rings. The molecule has 0 saturated carbocycles. The molecule has 0 aromatic heterocycles. The Morgan fingerprint density at radius 2 is 2.00 bits per heavy atom. The first-order valence-corrected chi connectivity index (χ1v) is 5.31. The van der Waals surface area contributed by atoms with Gasteiger partial charge >= 0.3 is 0 Å². The Hall–Kier alpha value is -0.0800. The van der Waals surface area contributed by atoms with Crippen LogP contribution in [0.5, 0.6) is 0 Å². The van der Waals surface area contributed by atoms with Gasteiger partial charge in [-0.15, -0.1) is 0 Å².